The Hall–Kier alpha value is -1.89. The number of aromatic nitrogens is 1. The maximum absolute atomic E-state index is 13.0. The molecule has 2 saturated heterocycles. The molecule has 0 radical (unpaired) electrons. The summed E-state index contributed by atoms with van der Waals surface area (Å²) in [6, 6.07) is 0. The van der Waals surface area contributed by atoms with Crippen LogP contribution >= 0.6 is 0 Å². The molecule has 0 spiro atoms. The highest BCUT2D eigenvalue weighted by Crippen LogP contribution is 2.29. The van der Waals surface area contributed by atoms with Gasteiger partial charge in [-0.2, -0.15) is 0 Å². The molecule has 7 nitrogen and oxygen atoms in total. The van der Waals surface area contributed by atoms with Gasteiger partial charge < -0.3 is 19.1 Å². The van der Waals surface area contributed by atoms with E-state index in [0.717, 1.165) is 0 Å². The van der Waals surface area contributed by atoms with Gasteiger partial charge >= 0.3 is 0 Å². The van der Waals surface area contributed by atoms with E-state index in [1.807, 2.05) is 30.6 Å². The van der Waals surface area contributed by atoms with Crippen LogP contribution in [-0.2, 0) is 14.9 Å². The molecular formula is C19H29N3O4. The van der Waals surface area contributed by atoms with Crippen molar-refractivity contribution in [1.82, 2.24) is 15.0 Å². The van der Waals surface area contributed by atoms with Crippen LogP contribution in [0.4, 0.5) is 0 Å². The number of nitrogens with zero attached hydrogens (tertiary/aromatic N) is 3. The number of rotatable bonds is 2. The van der Waals surface area contributed by atoms with Crippen molar-refractivity contribution < 1.29 is 18.8 Å². The minimum absolute atomic E-state index is 0.00260. The summed E-state index contributed by atoms with van der Waals surface area (Å²) in [6.07, 6.45) is 1.41. The second kappa shape index (κ2) is 7.39. The minimum atomic E-state index is -0.257. The lowest BCUT2D eigenvalue weighted by atomic mass is 9.88. The van der Waals surface area contributed by atoms with Gasteiger partial charge in [-0.3, -0.25) is 9.59 Å². The van der Waals surface area contributed by atoms with E-state index >= 15 is 0 Å². The first-order valence-corrected chi connectivity index (χ1v) is 9.41. The van der Waals surface area contributed by atoms with Gasteiger partial charge in [0.1, 0.15) is 17.0 Å². The van der Waals surface area contributed by atoms with Crippen LogP contribution in [0.25, 0.3) is 0 Å². The molecule has 0 atom stereocenters. The highest BCUT2D eigenvalue weighted by Gasteiger charge is 2.35. The van der Waals surface area contributed by atoms with E-state index < -0.39 is 0 Å². The Labute approximate surface area is 154 Å². The lowest BCUT2D eigenvalue weighted by Crippen LogP contribution is -2.47. The van der Waals surface area contributed by atoms with Crippen LogP contribution in [0.1, 0.15) is 55.4 Å². The van der Waals surface area contributed by atoms with Gasteiger partial charge in [0.25, 0.3) is 5.91 Å². The zero-order valence-corrected chi connectivity index (χ0v) is 16.2. The molecule has 2 aliphatic heterocycles. The Balaban J connectivity index is 1.64. The van der Waals surface area contributed by atoms with E-state index in [1.165, 1.54) is 0 Å². The molecule has 1 aromatic rings. The molecule has 0 unspecified atom stereocenters. The van der Waals surface area contributed by atoms with E-state index in [0.29, 0.717) is 69.3 Å². The number of carbonyl (C=O) groups is 2. The van der Waals surface area contributed by atoms with Gasteiger partial charge in [-0.05, 0) is 19.8 Å². The molecule has 3 rings (SSSR count). The topological polar surface area (TPSA) is 75.9 Å². The molecule has 0 N–H and O–H groups in total. The van der Waals surface area contributed by atoms with Gasteiger partial charge in [0, 0.05) is 37.5 Å². The van der Waals surface area contributed by atoms with E-state index in [1.54, 1.807) is 6.92 Å². The fourth-order valence-electron chi connectivity index (χ4n) is 3.67. The lowest BCUT2D eigenvalue weighted by molar-refractivity contribution is -0.141. The summed E-state index contributed by atoms with van der Waals surface area (Å²) in [5, 5.41) is 4.11. The molecule has 0 aliphatic carbocycles. The molecule has 0 aromatic carbocycles. The number of piperidine rings is 1. The minimum Gasteiger partial charge on any atom is -0.378 e. The molecule has 2 amide bonds. The van der Waals surface area contributed by atoms with Crippen molar-refractivity contribution in [2.24, 2.45) is 5.92 Å². The van der Waals surface area contributed by atoms with Crippen LogP contribution in [0, 0.1) is 12.8 Å². The summed E-state index contributed by atoms with van der Waals surface area (Å²) in [7, 11) is 0. The van der Waals surface area contributed by atoms with Crippen LogP contribution in [0.2, 0.25) is 0 Å². The van der Waals surface area contributed by atoms with Gasteiger partial charge in [0.05, 0.1) is 13.2 Å². The summed E-state index contributed by atoms with van der Waals surface area (Å²) in [5.41, 5.74) is 1.02. The van der Waals surface area contributed by atoms with E-state index in [9.17, 15) is 9.59 Å². The zero-order valence-electron chi connectivity index (χ0n) is 16.2. The van der Waals surface area contributed by atoms with Crippen LogP contribution in [0.15, 0.2) is 4.52 Å². The van der Waals surface area contributed by atoms with Gasteiger partial charge in [0.2, 0.25) is 5.91 Å². The summed E-state index contributed by atoms with van der Waals surface area (Å²) in [6.45, 7) is 11.6. The molecule has 7 heteroatoms. The third-order valence-corrected chi connectivity index (χ3v) is 5.24. The maximum Gasteiger partial charge on any atom is 0.259 e. The number of morpholine rings is 1. The van der Waals surface area contributed by atoms with Crippen molar-refractivity contribution in [2.45, 2.75) is 46.0 Å². The van der Waals surface area contributed by atoms with Crippen molar-refractivity contribution >= 4 is 11.8 Å². The van der Waals surface area contributed by atoms with E-state index in [2.05, 4.69) is 5.16 Å². The van der Waals surface area contributed by atoms with Crippen molar-refractivity contribution in [3.8, 4) is 0 Å². The Morgan fingerprint density at radius 3 is 2.23 bits per heavy atom. The number of hydrogen-bond acceptors (Lipinski definition) is 5. The van der Waals surface area contributed by atoms with Gasteiger partial charge in [-0.1, -0.05) is 25.9 Å². The third-order valence-electron chi connectivity index (χ3n) is 5.24. The molecular weight excluding hydrogens is 334 g/mol. The van der Waals surface area contributed by atoms with Crippen LogP contribution in [0.3, 0.4) is 0 Å². The zero-order chi connectivity index (χ0) is 18.9. The Morgan fingerprint density at radius 2 is 1.65 bits per heavy atom. The van der Waals surface area contributed by atoms with Crippen LogP contribution in [0.5, 0.6) is 0 Å². The highest BCUT2D eigenvalue weighted by atomic mass is 16.5. The Kier molecular flexibility index (Phi) is 5.37. The van der Waals surface area contributed by atoms with Crippen LogP contribution < -0.4 is 0 Å². The summed E-state index contributed by atoms with van der Waals surface area (Å²) < 4.78 is 10.6. The second-order valence-electron chi connectivity index (χ2n) is 8.22. The van der Waals surface area contributed by atoms with Gasteiger partial charge in [0.15, 0.2) is 0 Å². The maximum atomic E-state index is 13.0. The first kappa shape index (κ1) is 18.9. The predicted octanol–water partition coefficient (Wildman–Crippen LogP) is 1.99. The SMILES string of the molecule is Cc1onc(C(C)(C)C)c1C(=O)N1CCC(C(=O)N2CCOCC2)CC1. The average molecular weight is 363 g/mol. The van der Waals surface area contributed by atoms with Crippen LogP contribution in [-0.4, -0.2) is 66.2 Å². The number of amides is 2. The van der Waals surface area contributed by atoms with E-state index in [-0.39, 0.29) is 23.1 Å². The highest BCUT2D eigenvalue weighted by molar-refractivity contribution is 5.96. The summed E-state index contributed by atoms with van der Waals surface area (Å²) >= 11 is 0. The molecule has 1 aromatic heterocycles. The second-order valence-corrected chi connectivity index (χ2v) is 8.22. The molecule has 2 fully saturated rings. The molecule has 2 aliphatic rings. The molecule has 3 heterocycles. The standard InChI is InChI=1S/C19H29N3O4/c1-13-15(16(20-26-13)19(2,3)4)18(24)21-7-5-14(6-8-21)17(23)22-9-11-25-12-10-22/h14H,5-12H2,1-4H3. The largest absolute Gasteiger partial charge is 0.378 e. The van der Waals surface area contributed by atoms with Gasteiger partial charge in [-0.25, -0.2) is 0 Å². The first-order chi connectivity index (χ1) is 12.3. The number of hydrogen-bond donors (Lipinski definition) is 0. The van der Waals surface area contributed by atoms with Crippen molar-refractivity contribution in [3.63, 3.8) is 0 Å². The average Bonchev–Trinajstić information content (AvgIpc) is 3.03. The molecule has 0 bridgehead atoms. The lowest BCUT2D eigenvalue weighted by Gasteiger charge is -2.35. The third kappa shape index (κ3) is 3.77. The van der Waals surface area contributed by atoms with Crippen molar-refractivity contribution in [1.29, 1.82) is 0 Å². The molecule has 0 saturated carbocycles. The fourth-order valence-corrected chi connectivity index (χ4v) is 3.67. The van der Waals surface area contributed by atoms with Crippen molar-refractivity contribution in [2.75, 3.05) is 39.4 Å². The fraction of sp³-hybridized carbons (Fsp3) is 0.737. The number of carbonyl (C=O) groups excluding carboxylic acids is 2. The van der Waals surface area contributed by atoms with Crippen molar-refractivity contribution in [3.05, 3.63) is 17.0 Å². The Bertz CT molecular complexity index is 663. The summed E-state index contributed by atoms with van der Waals surface area (Å²) in [5.74, 6) is 0.733. The predicted molar refractivity (Wildman–Crippen MR) is 96.0 cm³/mol. The molecule has 26 heavy (non-hydrogen) atoms. The number of ether oxygens (including phenoxy) is 1. The Morgan fingerprint density at radius 1 is 1.04 bits per heavy atom. The van der Waals surface area contributed by atoms with Gasteiger partial charge in [-0.15, -0.1) is 0 Å². The smallest absolute Gasteiger partial charge is 0.259 e. The number of aryl methyl sites for hydroxylation is 1. The number of likely N-dealkylation sites (tertiary alicyclic amines) is 1. The normalized spacial score (nSPS) is 19.7. The monoisotopic (exact) mass is 363 g/mol. The van der Waals surface area contributed by atoms with E-state index in [4.69, 9.17) is 9.26 Å². The summed E-state index contributed by atoms with van der Waals surface area (Å²) in [4.78, 5) is 29.4. The molecule has 144 valence electrons. The quantitative estimate of drug-likeness (QED) is 0.803. The first-order valence-electron chi connectivity index (χ1n) is 9.41.